The summed E-state index contributed by atoms with van der Waals surface area (Å²) in [5, 5.41) is 3.13. The second kappa shape index (κ2) is 6.08. The number of anilines is 1. The molecule has 0 bridgehead atoms. The molecule has 0 spiro atoms. The maximum absolute atomic E-state index is 12.6. The Hall–Kier alpha value is -2.88. The van der Waals surface area contributed by atoms with Crippen LogP contribution in [0, 0.1) is 6.92 Å². The summed E-state index contributed by atoms with van der Waals surface area (Å²) in [5.41, 5.74) is 3.44. The molecule has 1 heterocycles. The smallest absolute Gasteiger partial charge is 0.278 e. The molecular formula is C19H18N2O2. The average Bonchev–Trinajstić information content (AvgIpc) is 2.80. The van der Waals surface area contributed by atoms with Crippen LogP contribution < -0.4 is 5.32 Å². The van der Waals surface area contributed by atoms with Gasteiger partial charge >= 0.3 is 0 Å². The summed E-state index contributed by atoms with van der Waals surface area (Å²) >= 11 is 0. The van der Waals surface area contributed by atoms with Gasteiger partial charge in [-0.2, -0.15) is 0 Å². The van der Waals surface area contributed by atoms with E-state index < -0.39 is 0 Å². The van der Waals surface area contributed by atoms with Gasteiger partial charge in [0.1, 0.15) is 5.70 Å². The lowest BCUT2D eigenvalue weighted by atomic mass is 10.0. The van der Waals surface area contributed by atoms with E-state index >= 15 is 0 Å². The normalized spacial score (nSPS) is 14.6. The number of benzene rings is 2. The number of carbonyl (C=O) groups excluding carboxylic acids is 2. The van der Waals surface area contributed by atoms with Crippen molar-refractivity contribution in [1.29, 1.82) is 0 Å². The fourth-order valence-electron chi connectivity index (χ4n) is 2.63. The van der Waals surface area contributed by atoms with Gasteiger partial charge in [0.2, 0.25) is 0 Å². The van der Waals surface area contributed by atoms with Crippen molar-refractivity contribution in [2.75, 3.05) is 11.9 Å². The van der Waals surface area contributed by atoms with Gasteiger partial charge in [-0.05, 0) is 31.5 Å². The molecule has 23 heavy (non-hydrogen) atoms. The van der Waals surface area contributed by atoms with Gasteiger partial charge in [-0.3, -0.25) is 14.5 Å². The Labute approximate surface area is 135 Å². The first-order valence-electron chi connectivity index (χ1n) is 7.61. The molecule has 116 valence electrons. The van der Waals surface area contributed by atoms with Gasteiger partial charge in [-0.25, -0.2) is 0 Å². The van der Waals surface area contributed by atoms with Crippen LogP contribution in [0.4, 0.5) is 5.69 Å². The Kier molecular flexibility index (Phi) is 3.98. The summed E-state index contributed by atoms with van der Waals surface area (Å²) in [7, 11) is 0. The second-order valence-electron chi connectivity index (χ2n) is 5.46. The zero-order valence-electron chi connectivity index (χ0n) is 13.2. The van der Waals surface area contributed by atoms with Crippen LogP contribution >= 0.6 is 0 Å². The Bertz CT molecular complexity index is 777. The van der Waals surface area contributed by atoms with Gasteiger partial charge in [0.15, 0.2) is 0 Å². The maximum Gasteiger partial charge on any atom is 0.278 e. The molecule has 2 aromatic carbocycles. The third kappa shape index (κ3) is 2.75. The molecule has 0 aromatic heterocycles. The fraction of sp³-hybridized carbons (Fsp3) is 0.158. The molecule has 2 amide bonds. The van der Waals surface area contributed by atoms with Crippen molar-refractivity contribution >= 4 is 23.1 Å². The minimum absolute atomic E-state index is 0.252. The number of hydrogen-bond donors (Lipinski definition) is 1. The monoisotopic (exact) mass is 306 g/mol. The standard InChI is InChI=1S/C19H18N2O2/c1-3-21-18(22)16(14-7-5-4-6-8-14)17(19(21)23)20-15-11-9-13(2)10-12-15/h4-12,20H,3H2,1-2H3. The minimum atomic E-state index is -0.281. The molecule has 0 saturated heterocycles. The lowest BCUT2D eigenvalue weighted by molar-refractivity contribution is -0.136. The Morgan fingerprint density at radius 1 is 0.913 bits per heavy atom. The van der Waals surface area contributed by atoms with Gasteiger partial charge in [0, 0.05) is 12.2 Å². The number of carbonyl (C=O) groups is 2. The van der Waals surface area contributed by atoms with E-state index in [0.29, 0.717) is 17.8 Å². The van der Waals surface area contributed by atoms with Crippen LogP contribution in [0.2, 0.25) is 0 Å². The van der Waals surface area contributed by atoms with E-state index in [9.17, 15) is 9.59 Å². The van der Waals surface area contributed by atoms with Crippen LogP contribution in [0.1, 0.15) is 18.1 Å². The summed E-state index contributed by atoms with van der Waals surface area (Å²) in [6, 6.07) is 17.0. The van der Waals surface area contributed by atoms with E-state index in [4.69, 9.17) is 0 Å². The molecule has 0 atom stereocenters. The third-order valence-electron chi connectivity index (χ3n) is 3.87. The molecule has 1 aliphatic rings. The van der Waals surface area contributed by atoms with Gasteiger partial charge in [-0.15, -0.1) is 0 Å². The number of amides is 2. The maximum atomic E-state index is 12.6. The largest absolute Gasteiger partial charge is 0.350 e. The summed E-state index contributed by atoms with van der Waals surface area (Å²) in [6.07, 6.45) is 0. The lowest BCUT2D eigenvalue weighted by Gasteiger charge is -2.12. The molecular weight excluding hydrogens is 288 g/mol. The molecule has 3 rings (SSSR count). The Morgan fingerprint density at radius 2 is 1.57 bits per heavy atom. The van der Waals surface area contributed by atoms with E-state index in [2.05, 4.69) is 5.32 Å². The molecule has 4 nitrogen and oxygen atoms in total. The summed E-state index contributed by atoms with van der Waals surface area (Å²) in [5.74, 6) is -0.532. The number of rotatable bonds is 4. The van der Waals surface area contributed by atoms with Crippen LogP contribution in [0.3, 0.4) is 0 Å². The molecule has 0 saturated carbocycles. The lowest BCUT2D eigenvalue weighted by Crippen LogP contribution is -2.32. The van der Waals surface area contributed by atoms with Crippen LogP contribution in [0.25, 0.3) is 5.57 Å². The average molecular weight is 306 g/mol. The molecule has 0 fully saturated rings. The topological polar surface area (TPSA) is 49.4 Å². The quantitative estimate of drug-likeness (QED) is 0.882. The van der Waals surface area contributed by atoms with Crippen molar-refractivity contribution in [3.63, 3.8) is 0 Å². The predicted molar refractivity (Wildman–Crippen MR) is 90.6 cm³/mol. The van der Waals surface area contributed by atoms with Crippen molar-refractivity contribution in [2.45, 2.75) is 13.8 Å². The number of nitrogens with zero attached hydrogens (tertiary/aromatic N) is 1. The highest BCUT2D eigenvalue weighted by molar-refractivity contribution is 6.36. The van der Waals surface area contributed by atoms with E-state index in [-0.39, 0.29) is 11.8 Å². The zero-order chi connectivity index (χ0) is 16.4. The molecule has 0 unspecified atom stereocenters. The van der Waals surface area contributed by atoms with Crippen LogP contribution in [0.5, 0.6) is 0 Å². The molecule has 0 radical (unpaired) electrons. The van der Waals surface area contributed by atoms with Gasteiger partial charge < -0.3 is 5.32 Å². The van der Waals surface area contributed by atoms with E-state index in [1.807, 2.05) is 61.5 Å². The van der Waals surface area contributed by atoms with E-state index in [1.54, 1.807) is 6.92 Å². The van der Waals surface area contributed by atoms with Crippen LogP contribution in [-0.2, 0) is 9.59 Å². The Morgan fingerprint density at radius 3 is 2.17 bits per heavy atom. The first-order valence-corrected chi connectivity index (χ1v) is 7.61. The van der Waals surface area contributed by atoms with Crippen molar-refractivity contribution in [2.24, 2.45) is 0 Å². The Balaban J connectivity index is 2.06. The highest BCUT2D eigenvalue weighted by Gasteiger charge is 2.38. The first kappa shape index (κ1) is 15.0. The van der Waals surface area contributed by atoms with E-state index in [0.717, 1.165) is 16.8 Å². The van der Waals surface area contributed by atoms with Crippen LogP contribution in [-0.4, -0.2) is 23.3 Å². The molecule has 0 aliphatic carbocycles. The number of hydrogen-bond acceptors (Lipinski definition) is 3. The van der Waals surface area contributed by atoms with Gasteiger partial charge in [0.25, 0.3) is 11.8 Å². The van der Waals surface area contributed by atoms with Gasteiger partial charge in [0.05, 0.1) is 5.57 Å². The fourth-order valence-corrected chi connectivity index (χ4v) is 2.63. The van der Waals surface area contributed by atoms with Crippen LogP contribution in [0.15, 0.2) is 60.3 Å². The summed E-state index contributed by atoms with van der Waals surface area (Å²) < 4.78 is 0. The van der Waals surface area contributed by atoms with Crippen molar-refractivity contribution < 1.29 is 9.59 Å². The number of imide groups is 1. The zero-order valence-corrected chi connectivity index (χ0v) is 13.2. The van der Waals surface area contributed by atoms with Crippen molar-refractivity contribution in [1.82, 2.24) is 4.90 Å². The predicted octanol–water partition coefficient (Wildman–Crippen LogP) is 3.21. The number of aryl methyl sites for hydroxylation is 1. The molecule has 1 N–H and O–H groups in total. The molecule has 2 aromatic rings. The molecule has 1 aliphatic heterocycles. The summed E-state index contributed by atoms with van der Waals surface area (Å²) in [4.78, 5) is 26.5. The first-order chi connectivity index (χ1) is 11.1. The summed E-state index contributed by atoms with van der Waals surface area (Å²) in [6.45, 7) is 4.15. The number of likely N-dealkylation sites (N-methyl/N-ethyl adjacent to an activating group) is 1. The van der Waals surface area contributed by atoms with Crippen molar-refractivity contribution in [3.8, 4) is 0 Å². The molecule has 4 heteroatoms. The SMILES string of the molecule is CCN1C(=O)C(Nc2ccc(C)cc2)=C(c2ccccc2)C1=O. The highest BCUT2D eigenvalue weighted by Crippen LogP contribution is 2.30. The number of nitrogens with one attached hydrogen (secondary N) is 1. The second-order valence-corrected chi connectivity index (χ2v) is 5.46. The highest BCUT2D eigenvalue weighted by atomic mass is 16.2. The third-order valence-corrected chi connectivity index (χ3v) is 3.87. The minimum Gasteiger partial charge on any atom is -0.350 e. The van der Waals surface area contributed by atoms with Gasteiger partial charge in [-0.1, -0.05) is 48.0 Å². The van der Waals surface area contributed by atoms with Crippen molar-refractivity contribution in [3.05, 3.63) is 71.4 Å². The van der Waals surface area contributed by atoms with E-state index in [1.165, 1.54) is 4.90 Å².